The van der Waals surface area contributed by atoms with Gasteiger partial charge in [-0.3, -0.25) is 4.79 Å². The number of carbonyl (C=O) groups is 1. The number of hydrogen-bond acceptors (Lipinski definition) is 7. The van der Waals surface area contributed by atoms with Gasteiger partial charge in [-0.15, -0.1) is 0 Å². The van der Waals surface area contributed by atoms with Crippen LogP contribution >= 0.6 is 0 Å². The van der Waals surface area contributed by atoms with E-state index >= 15 is 0 Å². The van der Waals surface area contributed by atoms with Crippen molar-refractivity contribution in [2.45, 2.75) is 147 Å². The smallest absolute Gasteiger partial charge is 0.251 e. The third-order valence-corrected chi connectivity index (χ3v) is 6.53. The Labute approximate surface area is 213 Å². The van der Waals surface area contributed by atoms with Gasteiger partial charge in [0.1, 0.15) is 18.3 Å². The highest BCUT2D eigenvalue weighted by molar-refractivity contribution is 5.81. The molecule has 6 N–H and O–H groups in total. The van der Waals surface area contributed by atoms with Crippen LogP contribution in [0.1, 0.15) is 117 Å². The van der Waals surface area contributed by atoms with Gasteiger partial charge in [-0.25, -0.2) is 0 Å². The van der Waals surface area contributed by atoms with Crippen molar-refractivity contribution in [2.24, 2.45) is 0 Å². The van der Waals surface area contributed by atoms with Crippen LogP contribution in [0.25, 0.3) is 0 Å². The summed E-state index contributed by atoms with van der Waals surface area (Å²) in [5.41, 5.74) is 0. The summed E-state index contributed by atoms with van der Waals surface area (Å²) in [5.74, 6) is -0.805. The van der Waals surface area contributed by atoms with Crippen LogP contribution in [-0.2, 0) is 9.53 Å². The molecule has 210 valence electrons. The molecule has 1 amide bonds. The fraction of sp³-hybridized carbons (Fsp3) is 0.963. The van der Waals surface area contributed by atoms with E-state index in [-0.39, 0.29) is 6.04 Å². The van der Waals surface area contributed by atoms with Crippen molar-refractivity contribution in [1.29, 1.82) is 0 Å². The number of aliphatic hydroxyl groups excluding tert-OH is 5. The maximum absolute atomic E-state index is 12.5. The third-order valence-electron chi connectivity index (χ3n) is 6.53. The minimum atomic E-state index is -1.91. The van der Waals surface area contributed by atoms with Gasteiger partial charge in [-0.05, 0) is 19.3 Å². The van der Waals surface area contributed by atoms with Crippen molar-refractivity contribution < 1.29 is 35.1 Å². The van der Waals surface area contributed by atoms with Crippen LogP contribution in [-0.4, -0.2) is 81.7 Å². The zero-order valence-electron chi connectivity index (χ0n) is 22.4. The summed E-state index contributed by atoms with van der Waals surface area (Å²) < 4.78 is 5.78. The van der Waals surface area contributed by atoms with E-state index in [9.17, 15) is 25.2 Å². The highest BCUT2D eigenvalue weighted by Crippen LogP contribution is 2.13. The van der Waals surface area contributed by atoms with Crippen molar-refractivity contribution in [3.05, 3.63) is 0 Å². The lowest BCUT2D eigenvalue weighted by Crippen LogP contribution is -2.53. The number of ether oxygens (including phenoxy) is 1. The van der Waals surface area contributed by atoms with Crippen molar-refractivity contribution in [3.63, 3.8) is 0 Å². The van der Waals surface area contributed by atoms with Gasteiger partial charge in [0.25, 0.3) is 5.91 Å². The van der Waals surface area contributed by atoms with Gasteiger partial charge in [0.05, 0.1) is 6.61 Å². The molecule has 0 radical (unpaired) electrons. The molecule has 0 bridgehead atoms. The van der Waals surface area contributed by atoms with Gasteiger partial charge in [-0.2, -0.15) is 0 Å². The molecule has 0 aromatic carbocycles. The molecule has 0 aliphatic heterocycles. The molecule has 1 unspecified atom stereocenters. The van der Waals surface area contributed by atoms with E-state index in [1.165, 1.54) is 57.8 Å². The first kappa shape index (κ1) is 34.2. The topological polar surface area (TPSA) is 139 Å². The summed E-state index contributed by atoms with van der Waals surface area (Å²) >= 11 is 0. The van der Waals surface area contributed by atoms with Gasteiger partial charge in [0.15, 0.2) is 6.10 Å². The second-order valence-electron chi connectivity index (χ2n) is 9.81. The van der Waals surface area contributed by atoms with E-state index in [0.29, 0.717) is 19.6 Å². The minimum absolute atomic E-state index is 0.214. The van der Waals surface area contributed by atoms with Crippen LogP contribution in [0.2, 0.25) is 0 Å². The summed E-state index contributed by atoms with van der Waals surface area (Å²) in [7, 11) is 0. The molecule has 0 spiro atoms. The SMILES string of the molecule is CCCCCCCCCCOCCC(CCCCCCCC)NC(=O)[C@H](O)[C@@H](O)[C@H](O)[C@H](O)CO. The molecule has 0 heterocycles. The summed E-state index contributed by atoms with van der Waals surface area (Å²) in [6, 6.07) is -0.214. The van der Waals surface area contributed by atoms with Gasteiger partial charge < -0.3 is 35.6 Å². The highest BCUT2D eigenvalue weighted by Gasteiger charge is 2.34. The van der Waals surface area contributed by atoms with Gasteiger partial charge in [-0.1, -0.05) is 97.3 Å². The molecule has 35 heavy (non-hydrogen) atoms. The molecule has 0 rings (SSSR count). The Morgan fingerprint density at radius 3 is 1.74 bits per heavy atom. The Hall–Kier alpha value is -0.770. The quantitative estimate of drug-likeness (QED) is 0.105. The van der Waals surface area contributed by atoms with Crippen LogP contribution in [0, 0.1) is 0 Å². The molecule has 8 nitrogen and oxygen atoms in total. The Morgan fingerprint density at radius 2 is 1.20 bits per heavy atom. The fourth-order valence-corrected chi connectivity index (χ4v) is 4.09. The van der Waals surface area contributed by atoms with Gasteiger partial charge in [0, 0.05) is 19.3 Å². The number of nitrogens with one attached hydrogen (secondary N) is 1. The first-order valence-electron chi connectivity index (χ1n) is 14.1. The second-order valence-corrected chi connectivity index (χ2v) is 9.81. The predicted octanol–water partition coefficient (Wildman–Crippen LogP) is 3.21. The van der Waals surface area contributed by atoms with E-state index < -0.39 is 36.9 Å². The van der Waals surface area contributed by atoms with Crippen molar-refractivity contribution in [1.82, 2.24) is 5.32 Å². The monoisotopic (exact) mass is 505 g/mol. The summed E-state index contributed by atoms with van der Waals surface area (Å²) in [4.78, 5) is 12.5. The van der Waals surface area contributed by atoms with Crippen LogP contribution in [0.4, 0.5) is 0 Å². The Morgan fingerprint density at radius 1 is 0.686 bits per heavy atom. The average Bonchev–Trinajstić information content (AvgIpc) is 2.86. The van der Waals surface area contributed by atoms with Gasteiger partial charge >= 0.3 is 0 Å². The number of aliphatic hydroxyl groups is 5. The Balaban J connectivity index is 4.40. The molecule has 0 saturated heterocycles. The van der Waals surface area contributed by atoms with Gasteiger partial charge in [0.2, 0.25) is 0 Å². The lowest BCUT2D eigenvalue weighted by atomic mass is 10.0. The fourth-order valence-electron chi connectivity index (χ4n) is 4.09. The maximum Gasteiger partial charge on any atom is 0.251 e. The molecular formula is C27H55NO7. The number of hydrogen-bond donors (Lipinski definition) is 6. The summed E-state index contributed by atoms with van der Waals surface area (Å²) in [6.07, 6.45) is 10.8. The summed E-state index contributed by atoms with van der Waals surface area (Å²) in [6.45, 7) is 4.81. The number of rotatable bonds is 25. The van der Waals surface area contributed by atoms with Crippen LogP contribution in [0.5, 0.6) is 0 Å². The number of amides is 1. The number of carbonyl (C=O) groups excluding carboxylic acids is 1. The zero-order chi connectivity index (χ0) is 26.3. The Kier molecular flexibility index (Phi) is 23.1. The number of unbranched alkanes of at least 4 members (excludes halogenated alkanes) is 12. The largest absolute Gasteiger partial charge is 0.394 e. The van der Waals surface area contributed by atoms with Crippen molar-refractivity contribution >= 4 is 5.91 Å². The Bertz CT molecular complexity index is 480. The van der Waals surface area contributed by atoms with Crippen LogP contribution in [0.15, 0.2) is 0 Å². The molecule has 0 aliphatic carbocycles. The van der Waals surface area contributed by atoms with Crippen molar-refractivity contribution in [3.8, 4) is 0 Å². The molecule has 0 aromatic rings. The highest BCUT2D eigenvalue weighted by atomic mass is 16.5. The molecular weight excluding hydrogens is 450 g/mol. The van der Waals surface area contributed by atoms with E-state index in [2.05, 4.69) is 19.2 Å². The predicted molar refractivity (Wildman–Crippen MR) is 139 cm³/mol. The van der Waals surface area contributed by atoms with Crippen molar-refractivity contribution in [2.75, 3.05) is 19.8 Å². The molecule has 0 saturated carbocycles. The first-order valence-corrected chi connectivity index (χ1v) is 14.1. The molecule has 5 atom stereocenters. The average molecular weight is 506 g/mol. The maximum atomic E-state index is 12.5. The zero-order valence-corrected chi connectivity index (χ0v) is 22.4. The molecule has 8 heteroatoms. The van der Waals surface area contributed by atoms with E-state index in [0.717, 1.165) is 38.5 Å². The summed E-state index contributed by atoms with van der Waals surface area (Å²) in [5, 5.41) is 51.0. The molecule has 0 fully saturated rings. The van der Waals surface area contributed by atoms with E-state index in [1.807, 2.05) is 0 Å². The van der Waals surface area contributed by atoms with Crippen LogP contribution in [0.3, 0.4) is 0 Å². The third kappa shape index (κ3) is 18.2. The van der Waals surface area contributed by atoms with E-state index in [4.69, 9.17) is 9.84 Å². The standard InChI is InChI=1S/C27H55NO7/c1-3-5-7-9-11-12-14-16-19-35-20-18-22(17-15-13-10-8-6-4-2)28-27(34)26(33)25(32)24(31)23(30)21-29/h22-26,29-33H,3-21H2,1-2H3,(H,28,34)/t22?,23-,24-,25+,26-/m1/s1. The first-order chi connectivity index (χ1) is 16.9. The van der Waals surface area contributed by atoms with E-state index in [1.54, 1.807) is 0 Å². The lowest BCUT2D eigenvalue weighted by Gasteiger charge is -2.27. The normalized spacial score (nSPS) is 16.0. The second kappa shape index (κ2) is 23.6. The van der Waals surface area contributed by atoms with Crippen LogP contribution < -0.4 is 5.32 Å². The molecule has 0 aliphatic rings. The lowest BCUT2D eigenvalue weighted by molar-refractivity contribution is -0.149. The molecule has 0 aromatic heterocycles. The minimum Gasteiger partial charge on any atom is -0.394 e.